The number of nitrogens with zero attached hydrogens (tertiary/aromatic N) is 1. The van der Waals surface area contributed by atoms with Crippen LogP contribution in [0.4, 0.5) is 0 Å². The Balaban J connectivity index is 4.09. The summed E-state index contributed by atoms with van der Waals surface area (Å²) in [5, 5.41) is 11.1. The summed E-state index contributed by atoms with van der Waals surface area (Å²) in [5.74, 6) is -1.35. The van der Waals surface area contributed by atoms with Gasteiger partial charge in [0, 0.05) is 0 Å². The minimum Gasteiger partial charge on any atom is -0.480 e. The lowest BCUT2D eigenvalue weighted by atomic mass is 10.2. The van der Waals surface area contributed by atoms with E-state index in [1.54, 1.807) is 19.0 Å². The maximum atomic E-state index is 11.2. The van der Waals surface area contributed by atoms with Crippen LogP contribution in [0.5, 0.6) is 0 Å². The van der Waals surface area contributed by atoms with Crippen LogP contribution in [0.2, 0.25) is 0 Å². The number of carbonyl (C=O) groups excluding carboxylic acids is 1. The van der Waals surface area contributed by atoms with Gasteiger partial charge in [0.1, 0.15) is 6.04 Å². The van der Waals surface area contributed by atoms with Gasteiger partial charge < -0.3 is 15.3 Å². The molecule has 1 unspecified atom stereocenters. The molecule has 0 fully saturated rings. The molecule has 0 aliphatic rings. The van der Waals surface area contributed by atoms with Crippen LogP contribution in [-0.4, -0.2) is 48.6 Å². The number of aliphatic carboxylic acids is 1. The molecule has 0 spiro atoms. The molecule has 2 N–H and O–H groups in total. The van der Waals surface area contributed by atoms with E-state index in [4.69, 9.17) is 5.11 Å². The minimum absolute atomic E-state index is 0.181. The molecule has 0 saturated carbocycles. The van der Waals surface area contributed by atoms with Crippen LogP contribution in [0.15, 0.2) is 12.7 Å². The molecule has 14 heavy (non-hydrogen) atoms. The van der Waals surface area contributed by atoms with Crippen molar-refractivity contribution >= 4 is 11.9 Å². The number of carboxylic acids is 1. The lowest BCUT2D eigenvalue weighted by Gasteiger charge is -2.14. The predicted molar refractivity (Wildman–Crippen MR) is 52.9 cm³/mol. The monoisotopic (exact) mass is 200 g/mol. The first-order chi connectivity index (χ1) is 6.47. The summed E-state index contributed by atoms with van der Waals surface area (Å²) in [6.07, 6.45) is 1.70. The molecule has 5 heteroatoms. The number of amides is 1. The summed E-state index contributed by atoms with van der Waals surface area (Å²) in [6, 6.07) is -0.875. The van der Waals surface area contributed by atoms with Crippen molar-refractivity contribution in [2.75, 3.05) is 20.6 Å². The number of carbonyl (C=O) groups is 2. The van der Waals surface area contributed by atoms with E-state index < -0.39 is 12.0 Å². The maximum Gasteiger partial charge on any atom is 0.326 e. The van der Waals surface area contributed by atoms with Gasteiger partial charge in [0.2, 0.25) is 5.91 Å². The van der Waals surface area contributed by atoms with E-state index in [1.165, 1.54) is 6.08 Å². The van der Waals surface area contributed by atoms with Gasteiger partial charge in [-0.05, 0) is 20.5 Å². The second-order valence-electron chi connectivity index (χ2n) is 3.22. The van der Waals surface area contributed by atoms with Crippen LogP contribution in [0.3, 0.4) is 0 Å². The topological polar surface area (TPSA) is 69.6 Å². The van der Waals surface area contributed by atoms with Crippen molar-refractivity contribution in [2.24, 2.45) is 0 Å². The molecule has 0 aromatic rings. The van der Waals surface area contributed by atoms with E-state index in [-0.39, 0.29) is 18.9 Å². The smallest absolute Gasteiger partial charge is 0.326 e. The Hall–Kier alpha value is -1.36. The highest BCUT2D eigenvalue weighted by molar-refractivity contribution is 5.84. The Labute approximate surface area is 83.4 Å². The van der Waals surface area contributed by atoms with Gasteiger partial charge in [-0.25, -0.2) is 4.79 Å². The molecule has 0 aliphatic carbocycles. The van der Waals surface area contributed by atoms with Crippen molar-refractivity contribution in [2.45, 2.75) is 12.5 Å². The van der Waals surface area contributed by atoms with Gasteiger partial charge in [-0.2, -0.15) is 0 Å². The fraction of sp³-hybridized carbons (Fsp3) is 0.556. The third kappa shape index (κ3) is 5.31. The summed E-state index contributed by atoms with van der Waals surface area (Å²) in [6.45, 7) is 3.61. The van der Waals surface area contributed by atoms with Crippen LogP contribution in [0.25, 0.3) is 0 Å². The van der Waals surface area contributed by atoms with Crippen molar-refractivity contribution in [1.82, 2.24) is 10.2 Å². The highest BCUT2D eigenvalue weighted by Crippen LogP contribution is 1.93. The quantitative estimate of drug-likeness (QED) is 0.577. The van der Waals surface area contributed by atoms with Crippen LogP contribution in [0, 0.1) is 0 Å². The summed E-state index contributed by atoms with van der Waals surface area (Å²) >= 11 is 0. The zero-order chi connectivity index (χ0) is 11.1. The molecule has 0 aliphatic heterocycles. The van der Waals surface area contributed by atoms with Crippen molar-refractivity contribution in [3.63, 3.8) is 0 Å². The van der Waals surface area contributed by atoms with Crippen molar-refractivity contribution in [1.29, 1.82) is 0 Å². The molecule has 1 amide bonds. The summed E-state index contributed by atoms with van der Waals surface area (Å²) < 4.78 is 0. The van der Waals surface area contributed by atoms with Gasteiger partial charge in [-0.3, -0.25) is 4.79 Å². The average Bonchev–Trinajstić information content (AvgIpc) is 2.01. The normalized spacial score (nSPS) is 12.2. The zero-order valence-corrected chi connectivity index (χ0v) is 8.49. The Morgan fingerprint density at radius 3 is 2.50 bits per heavy atom. The Bertz CT molecular complexity index is 226. The molecule has 0 aromatic heterocycles. The minimum atomic E-state index is -1.04. The van der Waals surface area contributed by atoms with Crippen LogP contribution < -0.4 is 5.32 Å². The highest BCUT2D eigenvalue weighted by Gasteiger charge is 2.17. The molecular formula is C9H16N2O3. The lowest BCUT2D eigenvalue weighted by molar-refractivity contribution is -0.141. The Morgan fingerprint density at radius 1 is 1.57 bits per heavy atom. The molecule has 0 rings (SSSR count). The number of rotatable bonds is 6. The largest absolute Gasteiger partial charge is 0.480 e. The molecule has 5 nitrogen and oxygen atoms in total. The first-order valence-electron chi connectivity index (χ1n) is 4.25. The number of nitrogens with one attached hydrogen (secondary N) is 1. The van der Waals surface area contributed by atoms with Crippen LogP contribution >= 0.6 is 0 Å². The Morgan fingerprint density at radius 2 is 2.14 bits per heavy atom. The van der Waals surface area contributed by atoms with Gasteiger partial charge in [0.15, 0.2) is 0 Å². The molecule has 0 bridgehead atoms. The number of likely N-dealkylation sites (N-methyl/N-ethyl adjacent to an activating group) is 1. The lowest BCUT2D eigenvalue weighted by Crippen LogP contribution is -2.44. The molecule has 0 heterocycles. The van der Waals surface area contributed by atoms with Gasteiger partial charge in [0.05, 0.1) is 6.54 Å². The van der Waals surface area contributed by atoms with Crippen molar-refractivity contribution in [3.05, 3.63) is 12.7 Å². The van der Waals surface area contributed by atoms with Crippen molar-refractivity contribution < 1.29 is 14.7 Å². The molecule has 0 radical (unpaired) electrons. The SMILES string of the molecule is C=CCC(NC(=O)CN(C)C)C(=O)O. The van der Waals surface area contributed by atoms with E-state index in [1.807, 2.05) is 0 Å². The number of hydrogen-bond donors (Lipinski definition) is 2. The Kier molecular flexibility index (Phi) is 5.55. The van der Waals surface area contributed by atoms with Crippen LogP contribution in [0.1, 0.15) is 6.42 Å². The van der Waals surface area contributed by atoms with Gasteiger partial charge in [0.25, 0.3) is 0 Å². The number of carboxylic acid groups (broad SMARTS) is 1. The standard InChI is InChI=1S/C9H16N2O3/c1-4-5-7(9(13)14)10-8(12)6-11(2)3/h4,7H,1,5-6H2,2-3H3,(H,10,12)(H,13,14). The summed E-state index contributed by atoms with van der Waals surface area (Å²) in [5.41, 5.74) is 0. The van der Waals surface area contributed by atoms with Gasteiger partial charge in [-0.1, -0.05) is 6.08 Å². The fourth-order valence-corrected chi connectivity index (χ4v) is 0.915. The molecule has 80 valence electrons. The first-order valence-corrected chi connectivity index (χ1v) is 4.25. The molecular weight excluding hydrogens is 184 g/mol. The van der Waals surface area contributed by atoms with Crippen molar-refractivity contribution in [3.8, 4) is 0 Å². The second-order valence-corrected chi connectivity index (χ2v) is 3.22. The first kappa shape index (κ1) is 12.6. The molecule has 0 saturated heterocycles. The van der Waals surface area contributed by atoms with E-state index in [0.29, 0.717) is 0 Å². The van der Waals surface area contributed by atoms with Gasteiger partial charge >= 0.3 is 5.97 Å². The maximum absolute atomic E-state index is 11.2. The van der Waals surface area contributed by atoms with Crippen LogP contribution in [-0.2, 0) is 9.59 Å². The van der Waals surface area contributed by atoms with E-state index in [0.717, 1.165) is 0 Å². The fourth-order valence-electron chi connectivity index (χ4n) is 0.915. The molecule has 1 atom stereocenters. The third-order valence-electron chi connectivity index (χ3n) is 1.50. The average molecular weight is 200 g/mol. The third-order valence-corrected chi connectivity index (χ3v) is 1.50. The zero-order valence-electron chi connectivity index (χ0n) is 8.49. The highest BCUT2D eigenvalue weighted by atomic mass is 16.4. The predicted octanol–water partition coefficient (Wildman–Crippen LogP) is -0.306. The number of hydrogen-bond acceptors (Lipinski definition) is 3. The summed E-state index contributed by atoms with van der Waals surface area (Å²) in [7, 11) is 3.48. The molecule has 0 aromatic carbocycles. The van der Waals surface area contributed by atoms with E-state index >= 15 is 0 Å². The second kappa shape index (κ2) is 6.15. The van der Waals surface area contributed by atoms with Gasteiger partial charge in [-0.15, -0.1) is 6.58 Å². The van der Waals surface area contributed by atoms with E-state index in [2.05, 4.69) is 11.9 Å². The summed E-state index contributed by atoms with van der Waals surface area (Å²) in [4.78, 5) is 23.5. The van der Waals surface area contributed by atoms with E-state index in [9.17, 15) is 9.59 Å².